The Morgan fingerprint density at radius 1 is 1.04 bits per heavy atom. The van der Waals surface area contributed by atoms with Crippen molar-refractivity contribution in [3.63, 3.8) is 0 Å². The van der Waals surface area contributed by atoms with Gasteiger partial charge in [0.1, 0.15) is 0 Å². The Labute approximate surface area is 152 Å². The Morgan fingerprint density at radius 2 is 1.83 bits per heavy atom. The molecule has 0 aromatic heterocycles. The maximum Gasteiger partial charge on any atom is 0.151 e. The quantitative estimate of drug-likeness (QED) is 0.566. The molecule has 2 aliphatic rings. The van der Waals surface area contributed by atoms with Crippen LogP contribution in [0.4, 0.5) is 11.4 Å². The smallest absolute Gasteiger partial charge is 0.151 e. The zero-order chi connectivity index (χ0) is 16.7. The van der Waals surface area contributed by atoms with Gasteiger partial charge in [-0.05, 0) is 61.7 Å². The lowest BCUT2D eigenvalue weighted by atomic mass is 9.98. The van der Waals surface area contributed by atoms with E-state index >= 15 is 0 Å². The molecule has 1 aliphatic carbocycles. The van der Waals surface area contributed by atoms with Gasteiger partial charge in [-0.25, -0.2) is 0 Å². The maximum atomic E-state index is 6.24. The van der Waals surface area contributed by atoms with Gasteiger partial charge in [0.25, 0.3) is 0 Å². The van der Waals surface area contributed by atoms with Gasteiger partial charge in [-0.3, -0.25) is 0 Å². The number of thiocarbonyl (C=S) groups is 1. The first-order valence-corrected chi connectivity index (χ1v) is 8.69. The van der Waals surface area contributed by atoms with Crippen LogP contribution in [0.1, 0.15) is 19.8 Å². The lowest BCUT2D eigenvalue weighted by molar-refractivity contribution is 0.475. The van der Waals surface area contributed by atoms with E-state index in [1.54, 1.807) is 0 Å². The van der Waals surface area contributed by atoms with Crippen LogP contribution in [0.2, 0.25) is 5.02 Å². The van der Waals surface area contributed by atoms with Gasteiger partial charge in [-0.15, -0.1) is 0 Å². The van der Waals surface area contributed by atoms with E-state index < -0.39 is 0 Å². The van der Waals surface area contributed by atoms with Crippen molar-refractivity contribution in [3.05, 3.63) is 70.9 Å². The molecule has 2 aromatic carbocycles. The molecular weight excluding hydrogens is 338 g/mol. The molecule has 4 rings (SSSR count). The highest BCUT2D eigenvalue weighted by Crippen LogP contribution is 2.50. The normalized spacial score (nSPS) is 15.7. The molecule has 0 atom stereocenters. The largest absolute Gasteiger partial charge is 0.453 e. The summed E-state index contributed by atoms with van der Waals surface area (Å²) in [5.74, 6) is 1.67. The minimum absolute atomic E-state index is 0.698. The highest BCUT2D eigenvalue weighted by atomic mass is 35.5. The van der Waals surface area contributed by atoms with Crippen molar-refractivity contribution in [2.24, 2.45) is 0 Å². The topological polar surface area (TPSA) is 12.5 Å². The summed E-state index contributed by atoms with van der Waals surface area (Å²) in [4.78, 5) is 3.21. The number of nitrogens with zero attached hydrogens (tertiary/aromatic N) is 1. The van der Waals surface area contributed by atoms with Crippen LogP contribution in [0.15, 0.2) is 65.9 Å². The second-order valence-electron chi connectivity index (χ2n) is 5.92. The molecule has 0 spiro atoms. The van der Waals surface area contributed by atoms with Crippen molar-refractivity contribution in [2.45, 2.75) is 19.8 Å². The summed E-state index contributed by atoms with van der Waals surface area (Å²) in [5, 5.41) is 0.698. The number of fused-ring (bicyclic) bond motifs is 2. The van der Waals surface area contributed by atoms with Gasteiger partial charge in [0.15, 0.2) is 11.5 Å². The molecule has 1 heterocycles. The van der Waals surface area contributed by atoms with E-state index in [0.29, 0.717) is 5.02 Å². The van der Waals surface area contributed by atoms with Crippen LogP contribution in [-0.4, -0.2) is 4.86 Å². The number of ether oxygens (including phenoxy) is 1. The predicted molar refractivity (Wildman–Crippen MR) is 104 cm³/mol. The lowest BCUT2D eigenvalue weighted by Gasteiger charge is -2.35. The summed E-state index contributed by atoms with van der Waals surface area (Å²) in [6.45, 7) is 1.99. The van der Waals surface area contributed by atoms with Crippen molar-refractivity contribution in [3.8, 4) is 11.5 Å². The Bertz CT molecular complexity index is 900. The monoisotopic (exact) mass is 353 g/mol. The van der Waals surface area contributed by atoms with Gasteiger partial charge in [-0.1, -0.05) is 42.0 Å². The average molecular weight is 354 g/mol. The van der Waals surface area contributed by atoms with Crippen LogP contribution in [0.25, 0.3) is 0 Å². The van der Waals surface area contributed by atoms with E-state index in [0.717, 1.165) is 40.6 Å². The number of hydrogen-bond donors (Lipinski definition) is 0. The fourth-order valence-electron chi connectivity index (χ4n) is 3.14. The number of allylic oxidation sites excluding steroid dienone is 4. The van der Waals surface area contributed by atoms with E-state index in [9.17, 15) is 0 Å². The Balaban J connectivity index is 1.86. The first kappa shape index (κ1) is 15.4. The van der Waals surface area contributed by atoms with Crippen LogP contribution in [0.5, 0.6) is 11.5 Å². The first-order valence-electron chi connectivity index (χ1n) is 7.91. The van der Waals surface area contributed by atoms with E-state index in [4.69, 9.17) is 28.6 Å². The maximum absolute atomic E-state index is 6.24. The van der Waals surface area contributed by atoms with Crippen LogP contribution >= 0.6 is 23.8 Å². The molecule has 0 saturated heterocycles. The third-order valence-corrected chi connectivity index (χ3v) is 4.85. The Kier molecular flexibility index (Phi) is 3.91. The molecule has 1 aliphatic heterocycles. The van der Waals surface area contributed by atoms with Gasteiger partial charge in [0, 0.05) is 15.6 Å². The van der Waals surface area contributed by atoms with Crippen LogP contribution in [0, 0.1) is 0 Å². The van der Waals surface area contributed by atoms with Crippen molar-refractivity contribution in [1.29, 1.82) is 0 Å². The molecule has 2 aromatic rings. The number of benzene rings is 2. The summed E-state index contributed by atoms with van der Waals surface area (Å²) >= 11 is 11.5. The molecular formula is C20H16ClNOS. The van der Waals surface area contributed by atoms with Gasteiger partial charge >= 0.3 is 0 Å². The number of anilines is 2. The molecule has 0 saturated carbocycles. The Hall–Kier alpha value is -2.10. The molecule has 0 bridgehead atoms. The van der Waals surface area contributed by atoms with Crippen molar-refractivity contribution >= 4 is 40.1 Å². The van der Waals surface area contributed by atoms with E-state index in [2.05, 4.69) is 23.1 Å². The third kappa shape index (κ3) is 2.64. The third-order valence-electron chi connectivity index (χ3n) is 4.35. The van der Waals surface area contributed by atoms with Crippen LogP contribution in [0.3, 0.4) is 0 Å². The first-order chi connectivity index (χ1) is 11.6. The van der Waals surface area contributed by atoms with E-state index in [1.807, 2.05) is 43.3 Å². The summed E-state index contributed by atoms with van der Waals surface area (Å²) in [6, 6.07) is 13.8. The molecule has 0 N–H and O–H groups in total. The average Bonchev–Trinajstić information content (AvgIpc) is 2.60. The second kappa shape index (κ2) is 6.08. The summed E-state index contributed by atoms with van der Waals surface area (Å²) < 4.78 is 6.05. The molecule has 120 valence electrons. The van der Waals surface area contributed by atoms with Gasteiger partial charge < -0.3 is 9.64 Å². The van der Waals surface area contributed by atoms with Crippen molar-refractivity contribution in [1.82, 2.24) is 0 Å². The van der Waals surface area contributed by atoms with Gasteiger partial charge in [-0.2, -0.15) is 0 Å². The second-order valence-corrected chi connectivity index (χ2v) is 6.97. The molecule has 2 nitrogen and oxygen atoms in total. The zero-order valence-corrected chi connectivity index (χ0v) is 14.8. The highest BCUT2D eigenvalue weighted by Gasteiger charge is 2.27. The number of halogens is 1. The minimum Gasteiger partial charge on any atom is -0.453 e. The molecule has 24 heavy (non-hydrogen) atoms. The zero-order valence-electron chi connectivity index (χ0n) is 13.3. The number of rotatable bonds is 2. The summed E-state index contributed by atoms with van der Waals surface area (Å²) in [7, 11) is 0. The number of hydrogen-bond acceptors (Lipinski definition) is 3. The van der Waals surface area contributed by atoms with Gasteiger partial charge in [0.2, 0.25) is 0 Å². The standard InChI is InChI=1S/C20H16ClNOS/c1-13(24)14-6-9-16(10-7-14)22-17-4-2-3-5-19(17)23-20-11-8-15(21)12-18(20)22/h2-6,8-9,11-12H,7,10H2,1H3. The van der Waals surface area contributed by atoms with Crippen molar-refractivity contribution < 1.29 is 4.74 Å². The summed E-state index contributed by atoms with van der Waals surface area (Å²) in [6.07, 6.45) is 6.17. The fourth-order valence-corrected chi connectivity index (χ4v) is 3.48. The van der Waals surface area contributed by atoms with Crippen LogP contribution in [-0.2, 0) is 0 Å². The molecule has 4 heteroatoms. The summed E-state index contributed by atoms with van der Waals surface area (Å²) in [5.41, 5.74) is 4.47. The molecule has 0 unspecified atom stereocenters. The van der Waals surface area contributed by atoms with E-state index in [1.165, 1.54) is 11.3 Å². The van der Waals surface area contributed by atoms with Crippen molar-refractivity contribution in [2.75, 3.05) is 4.90 Å². The molecule has 0 fully saturated rings. The number of para-hydroxylation sites is 2. The fraction of sp³-hybridized carbons (Fsp3) is 0.150. The van der Waals surface area contributed by atoms with Crippen LogP contribution < -0.4 is 9.64 Å². The SMILES string of the molecule is CC(=S)C1=CC=C(N2c3ccccc3Oc3ccc(Cl)cc32)CC1. The lowest BCUT2D eigenvalue weighted by Crippen LogP contribution is -2.22. The molecule has 0 amide bonds. The van der Waals surface area contributed by atoms with Gasteiger partial charge in [0.05, 0.1) is 11.4 Å². The predicted octanol–water partition coefficient (Wildman–Crippen LogP) is 6.58. The minimum atomic E-state index is 0.698. The van der Waals surface area contributed by atoms with E-state index in [-0.39, 0.29) is 0 Å². The Morgan fingerprint density at radius 3 is 2.58 bits per heavy atom. The highest BCUT2D eigenvalue weighted by molar-refractivity contribution is 7.80. The molecule has 0 radical (unpaired) electrons.